The van der Waals surface area contributed by atoms with Crippen molar-refractivity contribution >= 4 is 0 Å². The van der Waals surface area contributed by atoms with Gasteiger partial charge in [0.05, 0.1) is 12.2 Å². The van der Waals surface area contributed by atoms with Gasteiger partial charge in [0.2, 0.25) is 0 Å². The summed E-state index contributed by atoms with van der Waals surface area (Å²) in [7, 11) is 0. The van der Waals surface area contributed by atoms with E-state index < -0.39 is 0 Å². The Balaban J connectivity index is 1.53. The fourth-order valence-electron chi connectivity index (χ4n) is 3.73. The minimum Gasteiger partial charge on any atom is -0.373 e. The Bertz CT molecular complexity index is 270. The molecule has 4 nitrogen and oxygen atoms in total. The van der Waals surface area contributed by atoms with Crippen LogP contribution in [-0.2, 0) is 4.74 Å². The molecule has 18 heavy (non-hydrogen) atoms. The van der Waals surface area contributed by atoms with Gasteiger partial charge in [-0.25, -0.2) is 0 Å². The first kappa shape index (κ1) is 12.9. The number of hydrogen-bond donors (Lipinski definition) is 1. The highest BCUT2D eigenvalue weighted by molar-refractivity contribution is 4.96. The third-order valence-corrected chi connectivity index (χ3v) is 5.07. The van der Waals surface area contributed by atoms with Crippen LogP contribution in [0.3, 0.4) is 0 Å². The van der Waals surface area contributed by atoms with E-state index >= 15 is 0 Å². The monoisotopic (exact) mass is 253 g/mol. The molecule has 4 heteroatoms. The molecule has 0 bridgehead atoms. The number of hydrogen-bond acceptors (Lipinski definition) is 4. The van der Waals surface area contributed by atoms with Crippen molar-refractivity contribution < 1.29 is 4.74 Å². The third-order valence-electron chi connectivity index (χ3n) is 5.07. The summed E-state index contributed by atoms with van der Waals surface area (Å²) in [6, 6.07) is 0.683. The minimum atomic E-state index is 0.220. The second kappa shape index (κ2) is 5.45. The van der Waals surface area contributed by atoms with Gasteiger partial charge in [-0.05, 0) is 38.9 Å². The van der Waals surface area contributed by atoms with Crippen molar-refractivity contribution in [2.45, 2.75) is 37.8 Å². The number of rotatable bonds is 2. The average molecular weight is 253 g/mol. The summed E-state index contributed by atoms with van der Waals surface area (Å²) in [5, 5.41) is 3.44. The molecule has 0 amide bonds. The van der Waals surface area contributed by atoms with Crippen LogP contribution in [0.5, 0.6) is 0 Å². The van der Waals surface area contributed by atoms with Gasteiger partial charge in [0, 0.05) is 32.2 Å². The van der Waals surface area contributed by atoms with Crippen LogP contribution in [0.2, 0.25) is 0 Å². The fraction of sp³-hybridized carbons (Fsp3) is 1.00. The topological polar surface area (TPSA) is 27.7 Å². The quantitative estimate of drug-likeness (QED) is 0.777. The van der Waals surface area contributed by atoms with E-state index in [1.807, 2.05) is 0 Å². The van der Waals surface area contributed by atoms with Gasteiger partial charge in [-0.3, -0.25) is 4.90 Å². The Morgan fingerprint density at radius 1 is 1.17 bits per heavy atom. The van der Waals surface area contributed by atoms with Crippen LogP contribution in [-0.4, -0.2) is 73.9 Å². The summed E-state index contributed by atoms with van der Waals surface area (Å²) in [6.07, 6.45) is 3.68. The molecule has 0 radical (unpaired) electrons. The van der Waals surface area contributed by atoms with Gasteiger partial charge in [0.1, 0.15) is 0 Å². The van der Waals surface area contributed by atoms with E-state index in [1.54, 1.807) is 0 Å². The molecule has 3 aliphatic heterocycles. The molecule has 3 fully saturated rings. The van der Waals surface area contributed by atoms with Crippen LogP contribution in [0, 0.1) is 0 Å². The minimum absolute atomic E-state index is 0.220. The summed E-state index contributed by atoms with van der Waals surface area (Å²) < 4.78 is 6.21. The number of piperidine rings is 1. The van der Waals surface area contributed by atoms with Gasteiger partial charge in [0.25, 0.3) is 0 Å². The lowest BCUT2D eigenvalue weighted by Gasteiger charge is -2.38. The van der Waals surface area contributed by atoms with E-state index in [1.165, 1.54) is 52.0 Å². The zero-order valence-corrected chi connectivity index (χ0v) is 11.7. The molecule has 1 spiro atoms. The van der Waals surface area contributed by atoms with Crippen LogP contribution in [0.25, 0.3) is 0 Å². The molecule has 1 atom stereocenters. The van der Waals surface area contributed by atoms with Crippen molar-refractivity contribution in [3.63, 3.8) is 0 Å². The summed E-state index contributed by atoms with van der Waals surface area (Å²) in [5.74, 6) is 0. The molecule has 0 aromatic rings. The number of ether oxygens (including phenoxy) is 1. The highest BCUT2D eigenvalue weighted by Crippen LogP contribution is 2.36. The van der Waals surface area contributed by atoms with E-state index in [0.717, 1.165) is 19.7 Å². The lowest BCUT2D eigenvalue weighted by atomic mass is 9.88. The van der Waals surface area contributed by atoms with E-state index in [4.69, 9.17) is 4.74 Å². The molecule has 1 N–H and O–H groups in total. The average Bonchev–Trinajstić information content (AvgIpc) is 2.83. The number of nitrogens with one attached hydrogen (secondary N) is 1. The first-order valence-corrected chi connectivity index (χ1v) is 7.62. The molecule has 0 aromatic carbocycles. The van der Waals surface area contributed by atoms with Crippen LogP contribution < -0.4 is 5.32 Å². The maximum atomic E-state index is 6.21. The number of likely N-dealkylation sites (N-methyl/N-ethyl adjacent to an activating group) is 1. The van der Waals surface area contributed by atoms with Gasteiger partial charge in [-0.15, -0.1) is 0 Å². The molecule has 3 aliphatic rings. The van der Waals surface area contributed by atoms with Crippen LogP contribution in [0.1, 0.15) is 26.2 Å². The molecule has 3 saturated heterocycles. The first-order valence-electron chi connectivity index (χ1n) is 7.62. The van der Waals surface area contributed by atoms with E-state index in [-0.39, 0.29) is 5.60 Å². The van der Waals surface area contributed by atoms with Crippen molar-refractivity contribution in [1.29, 1.82) is 0 Å². The second-order valence-electron chi connectivity index (χ2n) is 6.07. The lowest BCUT2D eigenvalue weighted by Crippen LogP contribution is -2.51. The number of piperazine rings is 1. The van der Waals surface area contributed by atoms with Crippen molar-refractivity contribution in [2.24, 2.45) is 0 Å². The molecule has 104 valence electrons. The normalized spacial score (nSPS) is 34.2. The Morgan fingerprint density at radius 3 is 2.56 bits per heavy atom. The van der Waals surface area contributed by atoms with Crippen molar-refractivity contribution in [2.75, 3.05) is 52.4 Å². The molecule has 0 unspecified atom stereocenters. The molecule has 3 rings (SSSR count). The predicted octanol–water partition coefficient (Wildman–Crippen LogP) is 0.535. The van der Waals surface area contributed by atoms with Gasteiger partial charge < -0.3 is 15.0 Å². The van der Waals surface area contributed by atoms with E-state index in [0.29, 0.717) is 6.04 Å². The summed E-state index contributed by atoms with van der Waals surface area (Å²) in [6.45, 7) is 11.6. The van der Waals surface area contributed by atoms with Gasteiger partial charge in [-0.1, -0.05) is 6.92 Å². The molecular formula is C14H27N3O. The number of nitrogens with zero attached hydrogens (tertiary/aromatic N) is 2. The third kappa shape index (κ3) is 2.57. The van der Waals surface area contributed by atoms with Gasteiger partial charge >= 0.3 is 0 Å². The van der Waals surface area contributed by atoms with Crippen LogP contribution >= 0.6 is 0 Å². The second-order valence-corrected chi connectivity index (χ2v) is 6.07. The Hall–Kier alpha value is -0.160. The van der Waals surface area contributed by atoms with E-state index in [9.17, 15) is 0 Å². The molecule has 0 saturated carbocycles. The summed E-state index contributed by atoms with van der Waals surface area (Å²) in [5.41, 5.74) is 0.220. The van der Waals surface area contributed by atoms with E-state index in [2.05, 4.69) is 22.0 Å². The molecule has 0 aromatic heterocycles. The lowest BCUT2D eigenvalue weighted by molar-refractivity contribution is -0.0206. The molecular weight excluding hydrogens is 226 g/mol. The zero-order chi connectivity index (χ0) is 12.4. The van der Waals surface area contributed by atoms with Gasteiger partial charge in [0.15, 0.2) is 0 Å². The zero-order valence-electron chi connectivity index (χ0n) is 11.7. The molecule has 3 heterocycles. The van der Waals surface area contributed by atoms with Crippen molar-refractivity contribution in [3.05, 3.63) is 0 Å². The summed E-state index contributed by atoms with van der Waals surface area (Å²) in [4.78, 5) is 5.22. The van der Waals surface area contributed by atoms with Gasteiger partial charge in [-0.2, -0.15) is 0 Å². The SMILES string of the molecule is CCN1CCN([C@H]2COC3(CCNCC3)C2)CC1. The largest absolute Gasteiger partial charge is 0.373 e. The fourth-order valence-corrected chi connectivity index (χ4v) is 3.73. The Morgan fingerprint density at radius 2 is 1.89 bits per heavy atom. The molecule has 0 aliphatic carbocycles. The highest BCUT2D eigenvalue weighted by Gasteiger charge is 2.43. The highest BCUT2D eigenvalue weighted by atomic mass is 16.5. The summed E-state index contributed by atoms with van der Waals surface area (Å²) >= 11 is 0. The predicted molar refractivity (Wildman–Crippen MR) is 72.9 cm³/mol. The smallest absolute Gasteiger partial charge is 0.0723 e. The maximum absolute atomic E-state index is 6.21. The Kier molecular flexibility index (Phi) is 3.89. The van der Waals surface area contributed by atoms with Crippen molar-refractivity contribution in [1.82, 2.24) is 15.1 Å². The van der Waals surface area contributed by atoms with Crippen molar-refractivity contribution in [3.8, 4) is 0 Å². The Labute approximate surface area is 111 Å². The van der Waals surface area contributed by atoms with Crippen LogP contribution in [0.15, 0.2) is 0 Å². The maximum Gasteiger partial charge on any atom is 0.0723 e. The standard InChI is InChI=1S/C14H27N3O/c1-2-16-7-9-17(10-8-16)13-11-14(18-12-13)3-5-15-6-4-14/h13,15H,2-12H2,1H3/t13-/m1/s1. The first-order chi connectivity index (χ1) is 8.81. The van der Waals surface area contributed by atoms with Crippen LogP contribution in [0.4, 0.5) is 0 Å².